The van der Waals surface area contributed by atoms with Crippen LogP contribution >= 0.6 is 0 Å². The molecule has 0 aliphatic carbocycles. The van der Waals surface area contributed by atoms with Crippen molar-refractivity contribution in [3.8, 4) is 11.3 Å². The van der Waals surface area contributed by atoms with Crippen LogP contribution in [0.5, 0.6) is 0 Å². The van der Waals surface area contributed by atoms with E-state index in [2.05, 4.69) is 15.0 Å². The van der Waals surface area contributed by atoms with Crippen LogP contribution in [0, 0.1) is 0 Å². The second-order valence-corrected chi connectivity index (χ2v) is 6.62. The number of hydrogen-bond acceptors (Lipinski definition) is 4. The Bertz CT molecular complexity index is 802. The summed E-state index contributed by atoms with van der Waals surface area (Å²) in [5.41, 5.74) is 1.30. The Morgan fingerprint density at radius 3 is 2.96 bits per heavy atom. The number of nitrogens with one attached hydrogen (secondary N) is 1. The predicted molar refractivity (Wildman–Crippen MR) is 89.4 cm³/mol. The van der Waals surface area contributed by atoms with Crippen LogP contribution in [-0.2, 0) is 4.79 Å². The van der Waals surface area contributed by atoms with E-state index in [4.69, 9.17) is 0 Å². The van der Waals surface area contributed by atoms with Crippen LogP contribution in [0.3, 0.4) is 0 Å². The van der Waals surface area contributed by atoms with Gasteiger partial charge in [0, 0.05) is 48.9 Å². The molecule has 1 amide bonds. The van der Waals surface area contributed by atoms with Crippen molar-refractivity contribution in [1.29, 1.82) is 0 Å². The molecule has 4 heterocycles. The Labute approximate surface area is 140 Å². The molecule has 0 saturated carbocycles. The maximum absolute atomic E-state index is 12.2. The molecule has 2 saturated heterocycles. The SMILES string of the molecule is O=C1CCCC2CCC(c3nc(-c4cccnc4)cc(=O)[nH]3)CN12. The lowest BCUT2D eigenvalue weighted by Crippen LogP contribution is -2.49. The standard InChI is InChI=1S/C18H20N4O2/c23-16-9-15(12-3-2-8-19-10-12)20-18(21-16)13-6-7-14-4-1-5-17(24)22(14)11-13/h2-3,8-10,13-14H,1,4-7,11H2,(H,20,21,23). The number of fused-ring (bicyclic) bond motifs is 1. The van der Waals surface area contributed by atoms with Gasteiger partial charge in [-0.2, -0.15) is 0 Å². The van der Waals surface area contributed by atoms with E-state index in [0.717, 1.165) is 31.2 Å². The van der Waals surface area contributed by atoms with Gasteiger partial charge in [0.1, 0.15) is 5.82 Å². The minimum atomic E-state index is -0.161. The van der Waals surface area contributed by atoms with E-state index < -0.39 is 0 Å². The first-order valence-electron chi connectivity index (χ1n) is 8.52. The van der Waals surface area contributed by atoms with E-state index in [1.54, 1.807) is 12.4 Å². The molecule has 2 aromatic rings. The summed E-state index contributed by atoms with van der Waals surface area (Å²) in [5.74, 6) is 1.01. The van der Waals surface area contributed by atoms with Gasteiger partial charge < -0.3 is 9.88 Å². The number of nitrogens with zero attached hydrogens (tertiary/aromatic N) is 3. The van der Waals surface area contributed by atoms with Crippen LogP contribution < -0.4 is 5.56 Å². The van der Waals surface area contributed by atoms with Gasteiger partial charge in [0.05, 0.1) is 5.69 Å². The highest BCUT2D eigenvalue weighted by molar-refractivity contribution is 5.77. The fourth-order valence-electron chi connectivity index (χ4n) is 3.82. The van der Waals surface area contributed by atoms with Gasteiger partial charge in [-0.15, -0.1) is 0 Å². The molecule has 0 bridgehead atoms. The molecule has 0 aromatic carbocycles. The molecule has 0 spiro atoms. The molecule has 0 radical (unpaired) electrons. The summed E-state index contributed by atoms with van der Waals surface area (Å²) in [5, 5.41) is 0. The van der Waals surface area contributed by atoms with Gasteiger partial charge >= 0.3 is 0 Å². The summed E-state index contributed by atoms with van der Waals surface area (Å²) in [6, 6.07) is 5.59. The van der Waals surface area contributed by atoms with Crippen molar-refractivity contribution in [1.82, 2.24) is 19.9 Å². The zero-order chi connectivity index (χ0) is 16.5. The van der Waals surface area contributed by atoms with Crippen LogP contribution in [0.2, 0.25) is 0 Å². The van der Waals surface area contributed by atoms with Gasteiger partial charge in [-0.25, -0.2) is 4.98 Å². The van der Waals surface area contributed by atoms with E-state index in [9.17, 15) is 9.59 Å². The predicted octanol–water partition coefficient (Wildman–Crippen LogP) is 2.09. The van der Waals surface area contributed by atoms with Crippen LogP contribution in [0.1, 0.15) is 43.8 Å². The van der Waals surface area contributed by atoms with E-state index in [1.165, 1.54) is 6.07 Å². The fraction of sp³-hybridized carbons (Fsp3) is 0.444. The highest BCUT2D eigenvalue weighted by atomic mass is 16.2. The number of aromatic amines is 1. The average Bonchev–Trinajstić information content (AvgIpc) is 2.62. The van der Waals surface area contributed by atoms with Gasteiger partial charge in [0.2, 0.25) is 5.91 Å². The van der Waals surface area contributed by atoms with Crippen molar-refractivity contribution in [3.05, 3.63) is 46.8 Å². The van der Waals surface area contributed by atoms with Crippen molar-refractivity contribution in [2.24, 2.45) is 0 Å². The zero-order valence-corrected chi connectivity index (χ0v) is 13.4. The van der Waals surface area contributed by atoms with Crippen LogP contribution in [0.15, 0.2) is 35.4 Å². The summed E-state index contributed by atoms with van der Waals surface area (Å²) in [6.07, 6.45) is 8.07. The Morgan fingerprint density at radius 1 is 1.21 bits per heavy atom. The highest BCUT2D eigenvalue weighted by Crippen LogP contribution is 2.33. The molecule has 6 nitrogen and oxygen atoms in total. The number of amides is 1. The van der Waals surface area contributed by atoms with Crippen molar-refractivity contribution in [3.63, 3.8) is 0 Å². The molecule has 6 heteroatoms. The van der Waals surface area contributed by atoms with Crippen LogP contribution in [0.25, 0.3) is 11.3 Å². The van der Waals surface area contributed by atoms with E-state index in [-0.39, 0.29) is 17.4 Å². The Hall–Kier alpha value is -2.50. The molecule has 24 heavy (non-hydrogen) atoms. The van der Waals surface area contributed by atoms with Crippen molar-refractivity contribution in [2.75, 3.05) is 6.54 Å². The summed E-state index contributed by atoms with van der Waals surface area (Å²) in [6.45, 7) is 0.656. The summed E-state index contributed by atoms with van der Waals surface area (Å²) in [4.78, 5) is 37.9. The molecule has 2 aromatic heterocycles. The third-order valence-electron chi connectivity index (χ3n) is 5.06. The smallest absolute Gasteiger partial charge is 0.251 e. The van der Waals surface area contributed by atoms with Gasteiger partial charge in [0.15, 0.2) is 0 Å². The fourth-order valence-corrected chi connectivity index (χ4v) is 3.82. The first-order valence-corrected chi connectivity index (χ1v) is 8.52. The normalized spacial score (nSPS) is 23.8. The number of H-pyrrole nitrogens is 1. The molecule has 2 aliphatic rings. The number of piperidine rings is 2. The maximum atomic E-state index is 12.2. The number of hydrogen-bond donors (Lipinski definition) is 1. The van der Waals surface area contributed by atoms with Crippen molar-refractivity contribution in [2.45, 2.75) is 44.1 Å². The van der Waals surface area contributed by atoms with Crippen molar-refractivity contribution >= 4 is 5.91 Å². The molecule has 2 unspecified atom stereocenters. The van der Waals surface area contributed by atoms with Gasteiger partial charge in [0.25, 0.3) is 5.56 Å². The molecular formula is C18H20N4O2. The number of carbonyl (C=O) groups excluding carboxylic acids is 1. The van der Waals surface area contributed by atoms with Crippen molar-refractivity contribution < 1.29 is 4.79 Å². The Balaban J connectivity index is 1.64. The van der Waals surface area contributed by atoms with E-state index in [1.807, 2.05) is 17.0 Å². The minimum Gasteiger partial charge on any atom is -0.339 e. The third kappa shape index (κ3) is 2.84. The van der Waals surface area contributed by atoms with Crippen LogP contribution in [-0.4, -0.2) is 38.3 Å². The maximum Gasteiger partial charge on any atom is 0.251 e. The third-order valence-corrected chi connectivity index (χ3v) is 5.06. The molecule has 2 atom stereocenters. The largest absolute Gasteiger partial charge is 0.339 e. The lowest BCUT2D eigenvalue weighted by atomic mass is 9.87. The molecule has 1 N–H and O–H groups in total. The molecule has 2 aliphatic heterocycles. The number of pyridine rings is 1. The molecule has 2 fully saturated rings. The zero-order valence-electron chi connectivity index (χ0n) is 13.4. The van der Waals surface area contributed by atoms with Gasteiger partial charge in [-0.05, 0) is 37.8 Å². The minimum absolute atomic E-state index is 0.0904. The first-order chi connectivity index (χ1) is 11.7. The summed E-state index contributed by atoms with van der Waals surface area (Å²) < 4.78 is 0. The summed E-state index contributed by atoms with van der Waals surface area (Å²) >= 11 is 0. The summed E-state index contributed by atoms with van der Waals surface area (Å²) in [7, 11) is 0. The monoisotopic (exact) mass is 324 g/mol. The Morgan fingerprint density at radius 2 is 2.12 bits per heavy atom. The van der Waals surface area contributed by atoms with Gasteiger partial charge in [-0.1, -0.05) is 0 Å². The molecule has 4 rings (SSSR count). The van der Waals surface area contributed by atoms with E-state index >= 15 is 0 Å². The molecule has 124 valence electrons. The highest BCUT2D eigenvalue weighted by Gasteiger charge is 2.35. The second-order valence-electron chi connectivity index (χ2n) is 6.62. The lowest BCUT2D eigenvalue weighted by molar-refractivity contribution is -0.138. The average molecular weight is 324 g/mol. The van der Waals surface area contributed by atoms with Crippen LogP contribution in [0.4, 0.5) is 0 Å². The first kappa shape index (κ1) is 15.1. The van der Waals surface area contributed by atoms with Gasteiger partial charge in [-0.3, -0.25) is 14.6 Å². The second kappa shape index (κ2) is 6.19. The number of rotatable bonds is 2. The quantitative estimate of drug-likeness (QED) is 0.917. The Kier molecular flexibility index (Phi) is 3.88. The molecular weight excluding hydrogens is 304 g/mol. The lowest BCUT2D eigenvalue weighted by Gasteiger charge is -2.42. The number of carbonyl (C=O) groups is 1. The van der Waals surface area contributed by atoms with E-state index in [0.29, 0.717) is 30.5 Å². The topological polar surface area (TPSA) is 79.0 Å². The number of aromatic nitrogens is 3.